The van der Waals surface area contributed by atoms with Crippen molar-refractivity contribution in [1.82, 2.24) is 25.2 Å². The Hall–Kier alpha value is -2.74. The number of piperidine rings is 1. The van der Waals surface area contributed by atoms with Gasteiger partial charge in [0, 0.05) is 38.0 Å². The van der Waals surface area contributed by atoms with E-state index in [1.54, 1.807) is 11.3 Å². The van der Waals surface area contributed by atoms with Gasteiger partial charge in [0.05, 0.1) is 27.2 Å². The maximum Gasteiger partial charge on any atom is 0.317 e. The molecule has 0 radical (unpaired) electrons. The van der Waals surface area contributed by atoms with E-state index in [4.69, 9.17) is 0 Å². The summed E-state index contributed by atoms with van der Waals surface area (Å²) in [6, 6.07) is 9.52. The Bertz CT molecular complexity index is 966. The molecule has 140 valence electrons. The molecule has 8 heteroatoms. The number of H-pyrrole nitrogens is 1. The minimum absolute atomic E-state index is 0.0642. The maximum atomic E-state index is 12.5. The number of likely N-dealkylation sites (tertiary alicyclic amines) is 1. The molecule has 1 fully saturated rings. The zero-order valence-electron chi connectivity index (χ0n) is 14.9. The summed E-state index contributed by atoms with van der Waals surface area (Å²) in [6.07, 6.45) is 3.99. The van der Waals surface area contributed by atoms with E-state index < -0.39 is 0 Å². The van der Waals surface area contributed by atoms with Crippen molar-refractivity contribution in [1.29, 1.82) is 0 Å². The highest BCUT2D eigenvalue weighted by Crippen LogP contribution is 2.25. The van der Waals surface area contributed by atoms with Crippen molar-refractivity contribution in [2.75, 3.05) is 19.6 Å². The molecule has 1 atom stereocenters. The predicted octanol–water partition coefficient (Wildman–Crippen LogP) is 2.51. The van der Waals surface area contributed by atoms with Gasteiger partial charge in [0.1, 0.15) is 0 Å². The molecule has 0 bridgehead atoms. The van der Waals surface area contributed by atoms with Crippen LogP contribution in [0.2, 0.25) is 0 Å². The van der Waals surface area contributed by atoms with Gasteiger partial charge < -0.3 is 15.2 Å². The van der Waals surface area contributed by atoms with Crippen LogP contribution in [0.1, 0.15) is 29.5 Å². The number of aromatic amines is 1. The van der Waals surface area contributed by atoms with Gasteiger partial charge in [-0.3, -0.25) is 4.79 Å². The van der Waals surface area contributed by atoms with Gasteiger partial charge in [0.2, 0.25) is 0 Å². The van der Waals surface area contributed by atoms with Crippen LogP contribution >= 0.6 is 11.3 Å². The second-order valence-corrected chi connectivity index (χ2v) is 7.79. The maximum absolute atomic E-state index is 12.5. The summed E-state index contributed by atoms with van der Waals surface area (Å²) in [4.78, 5) is 37.2. The summed E-state index contributed by atoms with van der Waals surface area (Å²) >= 11 is 1.67. The van der Waals surface area contributed by atoms with Gasteiger partial charge in [-0.25, -0.2) is 14.8 Å². The van der Waals surface area contributed by atoms with Crippen molar-refractivity contribution < 1.29 is 4.79 Å². The van der Waals surface area contributed by atoms with Crippen LogP contribution in [0, 0.1) is 0 Å². The Balaban J connectivity index is 1.31. The molecule has 4 rings (SSSR count). The zero-order valence-corrected chi connectivity index (χ0v) is 15.7. The van der Waals surface area contributed by atoms with Crippen LogP contribution < -0.4 is 10.9 Å². The molecule has 2 amide bonds. The molecule has 1 aliphatic rings. The molecule has 3 aromatic rings. The first-order valence-electron chi connectivity index (χ1n) is 9.11. The third-order valence-electron chi connectivity index (χ3n) is 4.78. The van der Waals surface area contributed by atoms with E-state index in [9.17, 15) is 9.59 Å². The number of carbonyl (C=O) groups is 1. The summed E-state index contributed by atoms with van der Waals surface area (Å²) in [5.41, 5.74) is 1.61. The first-order valence-corrected chi connectivity index (χ1v) is 9.92. The van der Waals surface area contributed by atoms with Gasteiger partial charge in [-0.15, -0.1) is 11.3 Å². The number of fused-ring (bicyclic) bond motifs is 1. The van der Waals surface area contributed by atoms with Gasteiger partial charge in [-0.1, -0.05) is 12.1 Å². The minimum Gasteiger partial charge on any atom is -0.338 e. The van der Waals surface area contributed by atoms with Crippen LogP contribution in [0.15, 0.2) is 41.5 Å². The molecule has 2 aromatic heterocycles. The normalized spacial score (nSPS) is 17.2. The number of benzene rings is 1. The van der Waals surface area contributed by atoms with E-state index in [1.807, 2.05) is 23.1 Å². The number of aromatic nitrogens is 3. The molecule has 27 heavy (non-hydrogen) atoms. The quantitative estimate of drug-likeness (QED) is 0.724. The van der Waals surface area contributed by atoms with Gasteiger partial charge in [0.15, 0.2) is 0 Å². The summed E-state index contributed by atoms with van der Waals surface area (Å²) in [5, 5.41) is 4.02. The van der Waals surface area contributed by atoms with Crippen molar-refractivity contribution in [3.8, 4) is 0 Å². The predicted molar refractivity (Wildman–Crippen MR) is 105 cm³/mol. The molecular weight excluding hydrogens is 362 g/mol. The SMILES string of the molecule is O=C(NCCc1nc2ccccc2s1)N1CCC[C@H](c2cc(=O)[nH]cn2)C1. The second kappa shape index (κ2) is 7.87. The number of para-hydroxylation sites is 1. The monoisotopic (exact) mass is 383 g/mol. The minimum atomic E-state index is -0.155. The summed E-state index contributed by atoms with van der Waals surface area (Å²) < 4.78 is 1.17. The number of hydrogen-bond acceptors (Lipinski definition) is 5. The molecule has 0 unspecified atom stereocenters. The Kier molecular flexibility index (Phi) is 5.15. The van der Waals surface area contributed by atoms with E-state index in [0.29, 0.717) is 13.1 Å². The third kappa shape index (κ3) is 4.16. The fourth-order valence-electron chi connectivity index (χ4n) is 3.42. The Morgan fingerprint density at radius 3 is 3.11 bits per heavy atom. The van der Waals surface area contributed by atoms with E-state index in [0.717, 1.165) is 42.0 Å². The van der Waals surface area contributed by atoms with E-state index in [1.165, 1.54) is 17.1 Å². The van der Waals surface area contributed by atoms with Crippen molar-refractivity contribution in [2.24, 2.45) is 0 Å². The van der Waals surface area contributed by atoms with Crippen molar-refractivity contribution in [3.63, 3.8) is 0 Å². The van der Waals surface area contributed by atoms with Gasteiger partial charge in [0.25, 0.3) is 5.56 Å². The second-order valence-electron chi connectivity index (χ2n) is 6.68. The molecule has 0 spiro atoms. The van der Waals surface area contributed by atoms with Crippen molar-refractivity contribution in [3.05, 3.63) is 57.7 Å². The first-order chi connectivity index (χ1) is 13.2. The molecule has 1 aromatic carbocycles. The van der Waals surface area contributed by atoms with Gasteiger partial charge in [-0.05, 0) is 25.0 Å². The highest BCUT2D eigenvalue weighted by molar-refractivity contribution is 7.18. The molecule has 1 saturated heterocycles. The summed E-state index contributed by atoms with van der Waals surface area (Å²) in [6.45, 7) is 1.87. The van der Waals surface area contributed by atoms with Crippen LogP contribution in [0.4, 0.5) is 4.79 Å². The van der Waals surface area contributed by atoms with Crippen LogP contribution in [-0.4, -0.2) is 45.5 Å². The zero-order chi connectivity index (χ0) is 18.6. The number of thiazole rings is 1. The Morgan fingerprint density at radius 1 is 1.37 bits per heavy atom. The molecule has 1 aliphatic heterocycles. The fourth-order valence-corrected chi connectivity index (χ4v) is 4.39. The molecular formula is C19H21N5O2S. The van der Waals surface area contributed by atoms with Crippen LogP contribution in [-0.2, 0) is 6.42 Å². The molecule has 0 aliphatic carbocycles. The number of hydrogen-bond donors (Lipinski definition) is 2. The van der Waals surface area contributed by atoms with E-state index in [2.05, 4.69) is 26.3 Å². The number of nitrogens with zero attached hydrogens (tertiary/aromatic N) is 3. The fraction of sp³-hybridized carbons (Fsp3) is 0.368. The smallest absolute Gasteiger partial charge is 0.317 e. The number of carbonyl (C=O) groups excluding carboxylic acids is 1. The largest absolute Gasteiger partial charge is 0.338 e. The number of rotatable bonds is 4. The molecule has 2 N–H and O–H groups in total. The van der Waals surface area contributed by atoms with E-state index >= 15 is 0 Å². The lowest BCUT2D eigenvalue weighted by Crippen LogP contribution is -2.45. The highest BCUT2D eigenvalue weighted by atomic mass is 32.1. The Labute approximate surface area is 160 Å². The first kappa shape index (κ1) is 17.7. The molecule has 3 heterocycles. The van der Waals surface area contributed by atoms with Crippen LogP contribution in [0.3, 0.4) is 0 Å². The van der Waals surface area contributed by atoms with Crippen molar-refractivity contribution in [2.45, 2.75) is 25.2 Å². The van der Waals surface area contributed by atoms with Crippen molar-refractivity contribution >= 4 is 27.6 Å². The van der Waals surface area contributed by atoms with Crippen LogP contribution in [0.5, 0.6) is 0 Å². The number of urea groups is 1. The lowest BCUT2D eigenvalue weighted by Gasteiger charge is -2.32. The lowest BCUT2D eigenvalue weighted by atomic mass is 9.95. The number of nitrogens with one attached hydrogen (secondary N) is 2. The lowest BCUT2D eigenvalue weighted by molar-refractivity contribution is 0.179. The summed E-state index contributed by atoms with van der Waals surface area (Å²) in [7, 11) is 0. The topological polar surface area (TPSA) is 91.0 Å². The third-order valence-corrected chi connectivity index (χ3v) is 5.88. The Morgan fingerprint density at radius 2 is 2.26 bits per heavy atom. The van der Waals surface area contributed by atoms with Gasteiger partial charge in [-0.2, -0.15) is 0 Å². The highest BCUT2D eigenvalue weighted by Gasteiger charge is 2.25. The average Bonchev–Trinajstić information content (AvgIpc) is 3.11. The average molecular weight is 383 g/mol. The molecule has 0 saturated carbocycles. The van der Waals surface area contributed by atoms with E-state index in [-0.39, 0.29) is 17.5 Å². The summed E-state index contributed by atoms with van der Waals surface area (Å²) in [5.74, 6) is 0.107. The number of amides is 2. The van der Waals surface area contributed by atoms with Crippen LogP contribution in [0.25, 0.3) is 10.2 Å². The van der Waals surface area contributed by atoms with Gasteiger partial charge >= 0.3 is 6.03 Å². The standard InChI is InChI=1S/C19H21N5O2S/c25-17-10-15(21-12-22-17)13-4-3-9-24(11-13)19(26)20-8-7-18-23-14-5-1-2-6-16(14)27-18/h1-2,5-6,10,12-13H,3-4,7-9,11H2,(H,20,26)(H,21,22,25)/t13-/m0/s1. The molecule has 7 nitrogen and oxygen atoms in total.